The Bertz CT molecular complexity index is 1020. The molecule has 2 unspecified atom stereocenters. The summed E-state index contributed by atoms with van der Waals surface area (Å²) in [4.78, 5) is 24.6. The molecule has 3 atom stereocenters. The first-order chi connectivity index (χ1) is 15.6. The van der Waals surface area contributed by atoms with E-state index in [1.54, 1.807) is 6.07 Å². The van der Waals surface area contributed by atoms with Gasteiger partial charge in [-0.05, 0) is 50.3 Å². The maximum atomic E-state index is 13.3. The molecule has 0 bridgehead atoms. The van der Waals surface area contributed by atoms with Crippen molar-refractivity contribution in [2.24, 2.45) is 0 Å². The van der Waals surface area contributed by atoms with Crippen LogP contribution in [0.5, 0.6) is 0 Å². The maximum absolute atomic E-state index is 13.3. The molecule has 1 aliphatic carbocycles. The van der Waals surface area contributed by atoms with Crippen LogP contribution in [0.15, 0.2) is 24.3 Å². The zero-order valence-corrected chi connectivity index (χ0v) is 20.7. The number of aromatic amines is 1. The molecular formula is C22H28F2N4O4Si. The number of aromatic nitrogens is 2. The highest BCUT2D eigenvalue weighted by Gasteiger charge is 2.40. The summed E-state index contributed by atoms with van der Waals surface area (Å²) < 4.78 is 37.7. The van der Waals surface area contributed by atoms with E-state index in [1.165, 1.54) is 0 Å². The monoisotopic (exact) mass is 478 g/mol. The normalized spacial score (nSPS) is 26.9. The lowest BCUT2D eigenvalue weighted by atomic mass is 10.0. The Hall–Kier alpha value is -2.79. The molecule has 2 aromatic rings. The number of hydrogen-bond acceptors (Lipinski definition) is 5. The number of H-pyrrole nitrogens is 1. The summed E-state index contributed by atoms with van der Waals surface area (Å²) in [5.74, 6) is -1.53. The number of nitrogens with one attached hydrogen (secondary N) is 3. The Balaban J connectivity index is 1.31. The molecule has 11 heteroatoms. The fourth-order valence-corrected chi connectivity index (χ4v) is 5.50. The molecule has 3 N–H and O–H groups in total. The van der Waals surface area contributed by atoms with E-state index in [0.717, 1.165) is 53.4 Å². The van der Waals surface area contributed by atoms with Gasteiger partial charge in [0.2, 0.25) is 5.91 Å². The van der Waals surface area contributed by atoms with Gasteiger partial charge in [-0.25, -0.2) is 13.6 Å². The molecule has 178 valence electrons. The molecule has 33 heavy (non-hydrogen) atoms. The molecule has 1 aliphatic heterocycles. The predicted molar refractivity (Wildman–Crippen MR) is 120 cm³/mol. The first kappa shape index (κ1) is 23.4. The Labute approximate surface area is 193 Å². The first-order valence-electron chi connectivity index (χ1n) is 11.0. The van der Waals surface area contributed by atoms with Crippen molar-refractivity contribution in [2.45, 2.75) is 55.7 Å². The van der Waals surface area contributed by atoms with E-state index in [1.807, 2.05) is 6.92 Å². The third kappa shape index (κ3) is 5.77. The van der Waals surface area contributed by atoms with Crippen molar-refractivity contribution in [3.8, 4) is 0 Å². The number of nitrogens with zero attached hydrogens (tertiary/aromatic N) is 1. The number of rotatable bonds is 6. The van der Waals surface area contributed by atoms with Crippen LogP contribution in [0.4, 0.5) is 19.4 Å². The van der Waals surface area contributed by atoms with Gasteiger partial charge in [-0.15, -0.1) is 0 Å². The molecule has 1 aromatic heterocycles. The number of amides is 2. The van der Waals surface area contributed by atoms with E-state index in [2.05, 4.69) is 20.8 Å². The van der Waals surface area contributed by atoms with E-state index in [0.29, 0.717) is 25.5 Å². The molecule has 8 nitrogen and oxygen atoms in total. The van der Waals surface area contributed by atoms with Gasteiger partial charge >= 0.3 is 6.09 Å². The molecule has 2 heterocycles. The van der Waals surface area contributed by atoms with Crippen molar-refractivity contribution >= 4 is 28.1 Å². The van der Waals surface area contributed by atoms with Gasteiger partial charge in [0.15, 0.2) is 5.82 Å². The Morgan fingerprint density at radius 1 is 1.27 bits per heavy atom. The first-order valence-corrected chi connectivity index (χ1v) is 12.0. The average Bonchev–Trinajstić information content (AvgIpc) is 3.42. The van der Waals surface area contributed by atoms with E-state index < -0.39 is 23.6 Å². The zero-order valence-electron chi connectivity index (χ0n) is 18.7. The minimum absolute atomic E-state index is 0.160. The Morgan fingerprint density at radius 2 is 2.03 bits per heavy atom. The van der Waals surface area contributed by atoms with Gasteiger partial charge < -0.3 is 20.1 Å². The molecule has 2 amide bonds. The molecule has 0 radical (unpaired) electrons. The van der Waals surface area contributed by atoms with Gasteiger partial charge in [0, 0.05) is 39.7 Å². The molecule has 1 aromatic carbocycles. The van der Waals surface area contributed by atoms with Crippen LogP contribution >= 0.6 is 0 Å². The summed E-state index contributed by atoms with van der Waals surface area (Å²) in [6.07, 6.45) is 2.23. The number of ether oxygens (including phenoxy) is 2. The predicted octanol–water partition coefficient (Wildman–Crippen LogP) is 1.89. The van der Waals surface area contributed by atoms with E-state index in [9.17, 15) is 18.4 Å². The van der Waals surface area contributed by atoms with Crippen molar-refractivity contribution in [3.63, 3.8) is 0 Å². The molecule has 0 spiro atoms. The molecular weight excluding hydrogens is 450 g/mol. The van der Waals surface area contributed by atoms with Crippen LogP contribution in [0.1, 0.15) is 43.9 Å². The second-order valence-corrected chi connectivity index (χ2v) is 11.4. The van der Waals surface area contributed by atoms with Crippen LogP contribution in [0, 0.1) is 11.6 Å². The lowest BCUT2D eigenvalue weighted by Crippen LogP contribution is -2.47. The lowest BCUT2D eigenvalue weighted by Gasteiger charge is -2.25. The molecule has 2 aliphatic rings. The molecule has 4 rings (SSSR count). The summed E-state index contributed by atoms with van der Waals surface area (Å²) in [6.45, 7) is 3.05. The van der Waals surface area contributed by atoms with Gasteiger partial charge in [-0.2, -0.15) is 5.10 Å². The van der Waals surface area contributed by atoms with Gasteiger partial charge in [-0.1, -0.05) is 0 Å². The SMILES string of the molecule is CC1(NC(=O)OC2CC[C@]([SiH3])(c3cc(NC(=O)Cc4cc(F)cc(F)c4)n[nH]3)C2)CCOC1. The minimum Gasteiger partial charge on any atom is -0.446 e. The highest BCUT2D eigenvalue weighted by Crippen LogP contribution is 2.39. The van der Waals surface area contributed by atoms with E-state index in [4.69, 9.17) is 9.47 Å². The number of alkyl carbamates (subject to hydrolysis) is 1. The van der Waals surface area contributed by atoms with Crippen LogP contribution in [0.2, 0.25) is 0 Å². The summed E-state index contributed by atoms with van der Waals surface area (Å²) in [7, 11) is 0.804. The highest BCUT2D eigenvalue weighted by molar-refractivity contribution is 6.16. The van der Waals surface area contributed by atoms with Crippen molar-refractivity contribution in [1.29, 1.82) is 0 Å². The number of halogens is 2. The zero-order chi connectivity index (χ0) is 23.6. The van der Waals surface area contributed by atoms with Gasteiger partial charge in [-0.3, -0.25) is 9.89 Å². The van der Waals surface area contributed by atoms with E-state index in [-0.39, 0.29) is 28.7 Å². The molecule has 2 fully saturated rings. The third-order valence-corrected chi connectivity index (χ3v) is 7.82. The number of hydrogen-bond donors (Lipinski definition) is 3. The fraction of sp³-hybridized carbons (Fsp3) is 0.500. The Kier molecular flexibility index (Phi) is 6.53. The van der Waals surface area contributed by atoms with Gasteiger partial charge in [0.25, 0.3) is 0 Å². The Morgan fingerprint density at radius 3 is 2.73 bits per heavy atom. The third-order valence-electron chi connectivity index (χ3n) is 6.38. The summed E-state index contributed by atoms with van der Waals surface area (Å²) in [6, 6.07) is 4.79. The number of benzene rings is 1. The number of carbonyl (C=O) groups is 2. The summed E-state index contributed by atoms with van der Waals surface area (Å²) in [5.41, 5.74) is 0.734. The van der Waals surface area contributed by atoms with Crippen molar-refractivity contribution < 1.29 is 27.8 Å². The van der Waals surface area contributed by atoms with Crippen LogP contribution in [0.25, 0.3) is 0 Å². The fourth-order valence-electron chi connectivity index (χ4n) is 4.50. The minimum atomic E-state index is -0.727. The molecule has 1 saturated carbocycles. The average molecular weight is 479 g/mol. The summed E-state index contributed by atoms with van der Waals surface area (Å²) in [5, 5.41) is 12.6. The quantitative estimate of drug-likeness (QED) is 0.550. The topological polar surface area (TPSA) is 105 Å². The second-order valence-electron chi connectivity index (χ2n) is 9.49. The van der Waals surface area contributed by atoms with Gasteiger partial charge in [0.05, 0.1) is 18.6 Å². The smallest absolute Gasteiger partial charge is 0.407 e. The van der Waals surface area contributed by atoms with Crippen LogP contribution in [0.3, 0.4) is 0 Å². The lowest BCUT2D eigenvalue weighted by molar-refractivity contribution is -0.115. The van der Waals surface area contributed by atoms with Crippen LogP contribution in [-0.4, -0.2) is 57.3 Å². The summed E-state index contributed by atoms with van der Waals surface area (Å²) >= 11 is 0. The van der Waals surface area contributed by atoms with Crippen LogP contribution < -0.4 is 10.6 Å². The van der Waals surface area contributed by atoms with Crippen molar-refractivity contribution in [1.82, 2.24) is 15.5 Å². The number of anilines is 1. The standard InChI is InChI=1S/C22H28F2N4O4Si/c1-21(4-5-31-12-21)26-20(30)32-16-2-3-22(33,11-16)17-10-18(28-27-17)25-19(29)8-13-6-14(23)9-15(24)7-13/h6-7,9-10,16H,2-5,8,11-12H2,1,33H3,(H,26,30)(H2,25,27,28,29)/t16?,21?,22-/m1/s1. The largest absolute Gasteiger partial charge is 0.446 e. The molecule has 1 saturated heterocycles. The van der Waals surface area contributed by atoms with Crippen LogP contribution in [-0.2, 0) is 25.7 Å². The van der Waals surface area contributed by atoms with Crippen molar-refractivity contribution in [3.05, 3.63) is 47.2 Å². The highest BCUT2D eigenvalue weighted by atomic mass is 28.1. The second kappa shape index (κ2) is 9.22. The van der Waals surface area contributed by atoms with Gasteiger partial charge in [0.1, 0.15) is 17.7 Å². The number of carbonyl (C=O) groups excluding carboxylic acids is 2. The van der Waals surface area contributed by atoms with E-state index >= 15 is 0 Å². The van der Waals surface area contributed by atoms with Crippen molar-refractivity contribution in [2.75, 3.05) is 18.5 Å². The maximum Gasteiger partial charge on any atom is 0.407 e.